The van der Waals surface area contributed by atoms with E-state index >= 15 is 0 Å². The van der Waals surface area contributed by atoms with E-state index < -0.39 is 105 Å². The fourth-order valence-corrected chi connectivity index (χ4v) is 6.10. The molecule has 10 N–H and O–H groups in total. The van der Waals surface area contributed by atoms with Gasteiger partial charge in [0.25, 0.3) is 0 Å². The number of carbonyl (C=O) groups excluding carboxylic acids is 1. The standard InChI is InChI=1S/C35H46O19/c1-15-25(42)27(44)32(54-33-28(45)26(43)21(40)14-49-33)35(50-15)53-31-29(46)34(48-10-9-17-3-6-18(37)20(39)11-17)51-23(13-36)30(31)52-24(41)8-5-16-4-7-19(38)22(12-16)47-2/h3-8,11-12,15,21,23,25-40,42-46H,9-10,13-14H2,1-2H3/b8-5+/t15-,21-,23+,25-,26-,27+,28+,29+,30+,31+,32+,33-,34+,35-/m0/s1. The summed E-state index contributed by atoms with van der Waals surface area (Å²) in [5.74, 6) is -1.67. The number of esters is 1. The third-order valence-electron chi connectivity index (χ3n) is 9.20. The highest BCUT2D eigenvalue weighted by Crippen LogP contribution is 2.34. The Balaban J connectivity index is 1.40. The second kappa shape index (κ2) is 18.3. The van der Waals surface area contributed by atoms with Gasteiger partial charge in [-0.2, -0.15) is 0 Å². The molecular weight excluding hydrogens is 724 g/mol. The van der Waals surface area contributed by atoms with Gasteiger partial charge in [0.05, 0.1) is 33.0 Å². The number of hydrogen-bond donors (Lipinski definition) is 10. The van der Waals surface area contributed by atoms with Crippen LogP contribution in [-0.4, -0.2) is 170 Å². The highest BCUT2D eigenvalue weighted by atomic mass is 16.8. The lowest BCUT2D eigenvalue weighted by molar-refractivity contribution is -0.381. The third kappa shape index (κ3) is 9.58. The Morgan fingerprint density at radius 3 is 2.22 bits per heavy atom. The molecular formula is C35H46O19. The zero-order valence-corrected chi connectivity index (χ0v) is 29.2. The minimum absolute atomic E-state index is 0.126. The lowest BCUT2D eigenvalue weighted by atomic mass is 9.96. The lowest BCUT2D eigenvalue weighted by Crippen LogP contribution is -2.66. The number of phenols is 3. The number of rotatable bonds is 13. The van der Waals surface area contributed by atoms with Crippen molar-refractivity contribution < 1.29 is 93.8 Å². The van der Waals surface area contributed by atoms with Gasteiger partial charge in [-0.25, -0.2) is 4.79 Å². The van der Waals surface area contributed by atoms with E-state index in [1.165, 1.54) is 56.5 Å². The molecule has 0 spiro atoms. The van der Waals surface area contributed by atoms with Crippen LogP contribution in [-0.2, 0) is 44.4 Å². The van der Waals surface area contributed by atoms with E-state index in [1.807, 2.05) is 0 Å². The van der Waals surface area contributed by atoms with E-state index in [4.69, 9.17) is 37.9 Å². The van der Waals surface area contributed by atoms with Gasteiger partial charge in [-0.1, -0.05) is 12.1 Å². The number of ether oxygens (including phenoxy) is 8. The summed E-state index contributed by atoms with van der Waals surface area (Å²) in [6, 6.07) is 8.41. The third-order valence-corrected chi connectivity index (χ3v) is 9.20. The SMILES string of the molecule is COc1cc(/C=C/C(=O)O[C@H]2[C@H](O[C@@H]3O[C@@H](C)[C@H](O)[C@@H](O)[C@H]3O[C@@H]3OC[C@H](O)[C@H](O)[C@H]3O)[C@@H](O)[C@H](OCCc3ccc(O)c(O)c3)O[C@@H]2CO)ccc1O. The normalized spacial score (nSPS) is 35.9. The second-order valence-electron chi connectivity index (χ2n) is 13.0. The monoisotopic (exact) mass is 770 g/mol. The van der Waals surface area contributed by atoms with Crippen LogP contribution in [0.5, 0.6) is 23.0 Å². The molecule has 0 aromatic heterocycles. The zero-order valence-electron chi connectivity index (χ0n) is 29.2. The van der Waals surface area contributed by atoms with Crippen molar-refractivity contribution in [1.29, 1.82) is 0 Å². The highest BCUT2D eigenvalue weighted by molar-refractivity contribution is 5.87. The number of carbonyl (C=O) groups is 1. The summed E-state index contributed by atoms with van der Waals surface area (Å²) in [7, 11) is 1.35. The fraction of sp³-hybridized carbons (Fsp3) is 0.571. The second-order valence-corrected chi connectivity index (χ2v) is 13.0. The first kappa shape index (κ1) is 41.5. The van der Waals surface area contributed by atoms with E-state index in [0.29, 0.717) is 11.1 Å². The Kier molecular flexibility index (Phi) is 14.1. The quantitative estimate of drug-likeness (QED) is 0.0585. The van der Waals surface area contributed by atoms with Gasteiger partial charge in [-0.15, -0.1) is 0 Å². The van der Waals surface area contributed by atoms with E-state index in [0.717, 1.165) is 6.08 Å². The zero-order chi connectivity index (χ0) is 39.3. The van der Waals surface area contributed by atoms with Gasteiger partial charge >= 0.3 is 5.97 Å². The largest absolute Gasteiger partial charge is 0.504 e. The van der Waals surface area contributed by atoms with Crippen LogP contribution in [0.1, 0.15) is 18.1 Å². The van der Waals surface area contributed by atoms with Gasteiger partial charge in [-0.3, -0.25) is 0 Å². The maximum absolute atomic E-state index is 13.2. The molecule has 0 unspecified atom stereocenters. The average molecular weight is 771 g/mol. The average Bonchev–Trinajstić information content (AvgIpc) is 3.15. The Hall–Kier alpha value is -3.67. The van der Waals surface area contributed by atoms with Gasteiger partial charge in [0.2, 0.25) is 0 Å². The van der Waals surface area contributed by atoms with Crippen molar-refractivity contribution in [2.75, 3.05) is 26.9 Å². The number of aliphatic hydroxyl groups is 7. The molecule has 3 heterocycles. The Morgan fingerprint density at radius 1 is 0.796 bits per heavy atom. The van der Waals surface area contributed by atoms with Gasteiger partial charge in [0.15, 0.2) is 48.0 Å². The molecule has 3 saturated heterocycles. The van der Waals surface area contributed by atoms with E-state index in [1.54, 1.807) is 0 Å². The van der Waals surface area contributed by atoms with Crippen LogP contribution in [0.25, 0.3) is 6.08 Å². The van der Waals surface area contributed by atoms with Crippen molar-refractivity contribution >= 4 is 12.0 Å². The molecule has 0 bridgehead atoms. The topological polar surface area (TPSA) is 293 Å². The molecule has 3 fully saturated rings. The van der Waals surface area contributed by atoms with Crippen LogP contribution in [0.2, 0.25) is 0 Å². The maximum Gasteiger partial charge on any atom is 0.331 e. The summed E-state index contributed by atoms with van der Waals surface area (Å²) in [6.45, 7) is 0.0235. The van der Waals surface area contributed by atoms with Gasteiger partial charge in [-0.05, 0) is 54.8 Å². The van der Waals surface area contributed by atoms with Crippen LogP contribution in [0.3, 0.4) is 0 Å². The summed E-state index contributed by atoms with van der Waals surface area (Å²) in [4.78, 5) is 13.2. The number of phenolic OH excluding ortho intramolecular Hbond substituents is 3. The van der Waals surface area contributed by atoms with Crippen molar-refractivity contribution in [2.45, 2.75) is 99.4 Å². The number of aromatic hydroxyl groups is 3. The van der Waals surface area contributed by atoms with Gasteiger partial charge < -0.3 is 89.0 Å². The van der Waals surface area contributed by atoms with Crippen LogP contribution < -0.4 is 4.74 Å². The summed E-state index contributed by atoms with van der Waals surface area (Å²) in [5.41, 5.74) is 0.985. The summed E-state index contributed by atoms with van der Waals surface area (Å²) in [6.07, 6.45) is -19.9. The molecule has 0 saturated carbocycles. The van der Waals surface area contributed by atoms with Crippen molar-refractivity contribution in [2.24, 2.45) is 0 Å². The Labute approximate surface area is 308 Å². The molecule has 54 heavy (non-hydrogen) atoms. The molecule has 3 aliphatic rings. The number of benzene rings is 2. The first-order chi connectivity index (χ1) is 25.7. The van der Waals surface area contributed by atoms with Crippen molar-refractivity contribution in [3.63, 3.8) is 0 Å². The first-order valence-electron chi connectivity index (χ1n) is 17.0. The summed E-state index contributed by atoms with van der Waals surface area (Å²) >= 11 is 0. The van der Waals surface area contributed by atoms with Crippen LogP contribution >= 0.6 is 0 Å². The smallest absolute Gasteiger partial charge is 0.331 e. The van der Waals surface area contributed by atoms with Crippen molar-refractivity contribution in [3.8, 4) is 23.0 Å². The molecule has 5 rings (SSSR count). The van der Waals surface area contributed by atoms with Crippen LogP contribution in [0.4, 0.5) is 0 Å². The molecule has 3 aliphatic heterocycles. The van der Waals surface area contributed by atoms with E-state index in [9.17, 15) is 55.9 Å². The molecule has 0 amide bonds. The molecule has 2 aromatic rings. The number of methoxy groups -OCH3 is 1. The molecule has 19 nitrogen and oxygen atoms in total. The van der Waals surface area contributed by atoms with E-state index in [2.05, 4.69) is 0 Å². The summed E-state index contributed by atoms with van der Waals surface area (Å²) < 4.78 is 45.4. The van der Waals surface area contributed by atoms with E-state index in [-0.39, 0.29) is 36.0 Å². The highest BCUT2D eigenvalue weighted by Gasteiger charge is 2.54. The molecule has 0 aliphatic carbocycles. The fourth-order valence-electron chi connectivity index (χ4n) is 6.10. The van der Waals surface area contributed by atoms with Crippen LogP contribution in [0, 0.1) is 0 Å². The number of aliphatic hydroxyl groups excluding tert-OH is 7. The predicted molar refractivity (Wildman–Crippen MR) is 179 cm³/mol. The van der Waals surface area contributed by atoms with Crippen molar-refractivity contribution in [1.82, 2.24) is 0 Å². The predicted octanol–water partition coefficient (Wildman–Crippen LogP) is -2.25. The minimum atomic E-state index is -1.81. The maximum atomic E-state index is 13.2. The van der Waals surface area contributed by atoms with Gasteiger partial charge in [0.1, 0.15) is 54.9 Å². The minimum Gasteiger partial charge on any atom is -0.504 e. The summed E-state index contributed by atoms with van der Waals surface area (Å²) in [5, 5.41) is 104. The molecule has 0 radical (unpaired) electrons. The lowest BCUT2D eigenvalue weighted by Gasteiger charge is -2.48. The Bertz CT molecular complexity index is 1570. The first-order valence-corrected chi connectivity index (χ1v) is 17.0. The molecule has 2 aromatic carbocycles. The molecule has 14 atom stereocenters. The Morgan fingerprint density at radius 2 is 1.52 bits per heavy atom. The van der Waals surface area contributed by atoms with Crippen LogP contribution in [0.15, 0.2) is 42.5 Å². The molecule has 300 valence electrons. The van der Waals surface area contributed by atoms with Gasteiger partial charge in [0, 0.05) is 6.08 Å². The molecule has 19 heteroatoms. The van der Waals surface area contributed by atoms with Crippen molar-refractivity contribution in [3.05, 3.63) is 53.6 Å². The number of hydrogen-bond acceptors (Lipinski definition) is 19.